The summed E-state index contributed by atoms with van der Waals surface area (Å²) in [6.45, 7) is 10.5. The Morgan fingerprint density at radius 3 is 2.48 bits per heavy atom. The number of aromatic amines is 1. The lowest BCUT2D eigenvalue weighted by atomic mass is 9.94. The van der Waals surface area contributed by atoms with E-state index in [1.54, 1.807) is 6.07 Å². The molecule has 184 valence electrons. The highest BCUT2D eigenvalue weighted by Crippen LogP contribution is 2.23. The highest BCUT2D eigenvalue weighted by molar-refractivity contribution is 5.74. The van der Waals surface area contributed by atoms with Crippen LogP contribution >= 0.6 is 0 Å². The molecule has 2 amide bonds. The van der Waals surface area contributed by atoms with E-state index in [0.717, 1.165) is 63.8 Å². The van der Waals surface area contributed by atoms with Crippen LogP contribution in [0.5, 0.6) is 0 Å². The molecular formula is C24H41N7O2. The molecule has 4 rings (SSSR count). The molecule has 0 aromatic carbocycles. The minimum absolute atomic E-state index is 0.00525. The van der Waals surface area contributed by atoms with Crippen LogP contribution < -0.4 is 15.8 Å². The number of amides is 2. The van der Waals surface area contributed by atoms with Gasteiger partial charge in [0, 0.05) is 77.6 Å². The van der Waals surface area contributed by atoms with Gasteiger partial charge in [0.2, 0.25) is 5.95 Å². The van der Waals surface area contributed by atoms with Gasteiger partial charge in [0.05, 0.1) is 5.69 Å². The van der Waals surface area contributed by atoms with Crippen molar-refractivity contribution < 1.29 is 4.79 Å². The summed E-state index contributed by atoms with van der Waals surface area (Å²) in [6.07, 6.45) is 8.93. The Morgan fingerprint density at radius 1 is 1.06 bits per heavy atom. The molecule has 9 heteroatoms. The highest BCUT2D eigenvalue weighted by atomic mass is 16.2. The van der Waals surface area contributed by atoms with Crippen LogP contribution in [0, 0.1) is 0 Å². The number of aromatic nitrogens is 2. The molecule has 2 N–H and O–H groups in total. The van der Waals surface area contributed by atoms with Crippen LogP contribution in [0.3, 0.4) is 0 Å². The van der Waals surface area contributed by atoms with Gasteiger partial charge < -0.3 is 15.1 Å². The predicted octanol–water partition coefficient (Wildman–Crippen LogP) is 1.85. The van der Waals surface area contributed by atoms with Crippen molar-refractivity contribution >= 4 is 12.0 Å². The molecule has 0 spiro atoms. The molecule has 33 heavy (non-hydrogen) atoms. The first-order valence-electron chi connectivity index (χ1n) is 13.0. The number of unbranched alkanes of at least 4 members (excludes halogenated alkanes) is 1. The van der Waals surface area contributed by atoms with Crippen molar-refractivity contribution in [2.45, 2.75) is 64.5 Å². The Labute approximate surface area is 197 Å². The van der Waals surface area contributed by atoms with E-state index in [1.165, 1.54) is 32.1 Å². The van der Waals surface area contributed by atoms with Crippen LogP contribution in [0.1, 0.15) is 57.6 Å². The lowest BCUT2D eigenvalue weighted by Gasteiger charge is -2.40. The Morgan fingerprint density at radius 2 is 1.79 bits per heavy atom. The number of piperazine rings is 2. The van der Waals surface area contributed by atoms with Crippen molar-refractivity contribution in [1.82, 2.24) is 30.0 Å². The second-order valence-corrected chi connectivity index (χ2v) is 9.72. The summed E-state index contributed by atoms with van der Waals surface area (Å²) in [5.41, 5.74) is 0.732. The van der Waals surface area contributed by atoms with Crippen LogP contribution in [0.4, 0.5) is 10.7 Å². The maximum atomic E-state index is 12.3. The number of carbonyl (C=O) groups is 1. The molecule has 0 atom stereocenters. The van der Waals surface area contributed by atoms with E-state index in [1.807, 2.05) is 4.90 Å². The number of hydrogen-bond acceptors (Lipinski definition) is 6. The maximum absolute atomic E-state index is 12.3. The minimum Gasteiger partial charge on any atom is -0.339 e. The van der Waals surface area contributed by atoms with Crippen molar-refractivity contribution in [3.05, 3.63) is 22.1 Å². The third kappa shape index (κ3) is 6.69. The van der Waals surface area contributed by atoms with Crippen LogP contribution in [0.15, 0.2) is 10.9 Å². The van der Waals surface area contributed by atoms with Gasteiger partial charge in [-0.3, -0.25) is 19.6 Å². The van der Waals surface area contributed by atoms with Crippen molar-refractivity contribution in [3.8, 4) is 0 Å². The molecule has 3 heterocycles. The van der Waals surface area contributed by atoms with Gasteiger partial charge in [-0.25, -0.2) is 9.78 Å². The van der Waals surface area contributed by atoms with Crippen molar-refractivity contribution in [1.29, 1.82) is 0 Å². The summed E-state index contributed by atoms with van der Waals surface area (Å²) in [7, 11) is 0. The third-order valence-electron chi connectivity index (χ3n) is 7.34. The fourth-order valence-electron chi connectivity index (χ4n) is 5.29. The quantitative estimate of drug-likeness (QED) is 0.605. The zero-order valence-electron chi connectivity index (χ0n) is 20.2. The molecule has 1 aromatic rings. The Balaban J connectivity index is 1.27. The van der Waals surface area contributed by atoms with Crippen molar-refractivity contribution in [2.75, 3.05) is 63.8 Å². The lowest BCUT2D eigenvalue weighted by molar-refractivity contribution is 0.0749. The molecule has 3 fully saturated rings. The average Bonchev–Trinajstić information content (AvgIpc) is 2.85. The zero-order chi connectivity index (χ0) is 23.0. The van der Waals surface area contributed by atoms with Crippen molar-refractivity contribution in [2.24, 2.45) is 0 Å². The highest BCUT2D eigenvalue weighted by Gasteiger charge is 2.26. The molecule has 2 saturated heterocycles. The number of H-pyrrole nitrogens is 1. The molecule has 3 aliphatic rings. The Bertz CT molecular complexity index is 807. The third-order valence-corrected chi connectivity index (χ3v) is 7.34. The van der Waals surface area contributed by atoms with E-state index in [-0.39, 0.29) is 11.6 Å². The minimum atomic E-state index is -0.101. The second-order valence-electron chi connectivity index (χ2n) is 9.72. The maximum Gasteiger partial charge on any atom is 0.317 e. The molecular weight excluding hydrogens is 418 g/mol. The fraction of sp³-hybridized carbons (Fsp3) is 0.792. The average molecular weight is 460 g/mol. The first kappa shape index (κ1) is 24.0. The van der Waals surface area contributed by atoms with E-state index in [9.17, 15) is 9.59 Å². The Kier molecular flexibility index (Phi) is 8.61. The van der Waals surface area contributed by atoms with Crippen LogP contribution in [-0.2, 0) is 6.54 Å². The van der Waals surface area contributed by atoms with Gasteiger partial charge in [-0.15, -0.1) is 0 Å². The predicted molar refractivity (Wildman–Crippen MR) is 131 cm³/mol. The zero-order valence-corrected chi connectivity index (χ0v) is 20.2. The first-order valence-corrected chi connectivity index (χ1v) is 13.0. The number of anilines is 1. The van der Waals surface area contributed by atoms with E-state index in [4.69, 9.17) is 4.98 Å². The molecule has 0 bridgehead atoms. The topological polar surface area (TPSA) is 87.8 Å². The SMILES string of the molecule is CCCCNC(=O)N1CCN(c2nc(CN3CCN(C4CCCCC4)CC3)cc(=O)[nH]2)CC1. The molecule has 9 nitrogen and oxygen atoms in total. The molecule has 2 aliphatic heterocycles. The summed E-state index contributed by atoms with van der Waals surface area (Å²) in [6, 6.07) is 2.41. The van der Waals surface area contributed by atoms with Gasteiger partial charge in [0.15, 0.2) is 0 Å². The molecule has 0 unspecified atom stereocenters. The van der Waals surface area contributed by atoms with E-state index in [2.05, 4.69) is 31.9 Å². The first-order chi connectivity index (χ1) is 16.1. The smallest absolute Gasteiger partial charge is 0.317 e. The summed E-state index contributed by atoms with van der Waals surface area (Å²) in [4.78, 5) is 41.3. The summed E-state index contributed by atoms with van der Waals surface area (Å²) in [5.74, 6) is 0.629. The standard InChI is InChI=1S/C24H41N7O2/c1-2-3-9-25-24(33)31-16-14-30(15-17-31)23-26-20(18-22(32)27-23)19-28-10-12-29(13-11-28)21-7-5-4-6-8-21/h18,21H,2-17,19H2,1H3,(H,25,33)(H,26,27,32). The normalized spacial score (nSPS) is 21.4. The summed E-state index contributed by atoms with van der Waals surface area (Å²) >= 11 is 0. The van der Waals surface area contributed by atoms with E-state index in [0.29, 0.717) is 32.1 Å². The second kappa shape index (κ2) is 11.8. The van der Waals surface area contributed by atoms with E-state index >= 15 is 0 Å². The Hall–Kier alpha value is -2.13. The van der Waals surface area contributed by atoms with Crippen LogP contribution in [-0.4, -0.2) is 95.6 Å². The lowest BCUT2D eigenvalue weighted by Crippen LogP contribution is -2.52. The van der Waals surface area contributed by atoms with Gasteiger partial charge in [0.25, 0.3) is 5.56 Å². The van der Waals surface area contributed by atoms with E-state index < -0.39 is 0 Å². The number of carbonyl (C=O) groups excluding carboxylic acids is 1. The van der Waals surface area contributed by atoms with Crippen molar-refractivity contribution in [3.63, 3.8) is 0 Å². The fourth-order valence-corrected chi connectivity index (χ4v) is 5.29. The largest absolute Gasteiger partial charge is 0.339 e. The summed E-state index contributed by atoms with van der Waals surface area (Å²) in [5, 5.41) is 2.98. The number of nitrogens with zero attached hydrogens (tertiary/aromatic N) is 5. The monoisotopic (exact) mass is 459 g/mol. The number of nitrogens with one attached hydrogen (secondary N) is 2. The number of urea groups is 1. The molecule has 0 radical (unpaired) electrons. The number of hydrogen-bond donors (Lipinski definition) is 2. The van der Waals surface area contributed by atoms with Gasteiger partial charge in [-0.2, -0.15) is 0 Å². The van der Waals surface area contributed by atoms with Gasteiger partial charge in [-0.1, -0.05) is 32.6 Å². The van der Waals surface area contributed by atoms with Crippen LogP contribution in [0.2, 0.25) is 0 Å². The van der Waals surface area contributed by atoms with Crippen LogP contribution in [0.25, 0.3) is 0 Å². The number of rotatable bonds is 7. The van der Waals surface area contributed by atoms with Gasteiger partial charge in [-0.05, 0) is 19.3 Å². The van der Waals surface area contributed by atoms with Gasteiger partial charge in [0.1, 0.15) is 0 Å². The summed E-state index contributed by atoms with van der Waals surface area (Å²) < 4.78 is 0. The molecule has 1 aromatic heterocycles. The van der Waals surface area contributed by atoms with Gasteiger partial charge >= 0.3 is 6.03 Å². The molecule has 1 saturated carbocycles. The molecule has 1 aliphatic carbocycles.